The molecule has 1 saturated heterocycles. The van der Waals surface area contributed by atoms with E-state index in [0.29, 0.717) is 18.5 Å². The molecule has 1 aromatic rings. The van der Waals surface area contributed by atoms with Crippen molar-refractivity contribution >= 4 is 13.5 Å². The van der Waals surface area contributed by atoms with Gasteiger partial charge < -0.3 is 14.7 Å². The van der Waals surface area contributed by atoms with Gasteiger partial charge in [-0.15, -0.1) is 0 Å². The number of hydrogen-bond acceptors (Lipinski definition) is 4. The number of H-pyrrole nitrogens is 1. The van der Waals surface area contributed by atoms with E-state index in [1.54, 1.807) is 6.92 Å². The molecule has 1 aromatic heterocycles. The van der Waals surface area contributed by atoms with Gasteiger partial charge in [0.1, 0.15) is 6.16 Å². The van der Waals surface area contributed by atoms with E-state index in [1.165, 1.54) is 15.7 Å². The third kappa shape index (κ3) is 3.69. The van der Waals surface area contributed by atoms with Crippen molar-refractivity contribution in [3.05, 3.63) is 32.6 Å². The van der Waals surface area contributed by atoms with Crippen molar-refractivity contribution in [3.8, 4) is 0 Å². The molecule has 21 heavy (non-hydrogen) atoms. The zero-order valence-electron chi connectivity index (χ0n) is 11.4. The zero-order chi connectivity index (χ0) is 15.8. The molecule has 2 heterocycles. The molecule has 116 valence electrons. The Bertz CT molecular complexity index is 717. The van der Waals surface area contributed by atoms with Gasteiger partial charge in [-0.25, -0.2) is 4.79 Å². The van der Waals surface area contributed by atoms with Crippen LogP contribution in [-0.2, 0) is 9.36 Å². The highest BCUT2D eigenvalue weighted by Crippen LogP contribution is 2.35. The SMILES string of the molecule is Cc1cn(C2CCN(C(=O)CP(=O)(O)O)C2)c(=O)[nH]c1=O. The van der Waals surface area contributed by atoms with E-state index >= 15 is 0 Å². The highest BCUT2D eigenvalue weighted by atomic mass is 31.2. The number of nitrogens with zero attached hydrogens (tertiary/aromatic N) is 2. The summed E-state index contributed by atoms with van der Waals surface area (Å²) in [6, 6.07) is -0.311. The molecule has 10 heteroatoms. The molecule has 0 radical (unpaired) electrons. The number of rotatable bonds is 3. The fourth-order valence-electron chi connectivity index (χ4n) is 2.33. The summed E-state index contributed by atoms with van der Waals surface area (Å²) >= 11 is 0. The van der Waals surface area contributed by atoms with Crippen molar-refractivity contribution in [2.45, 2.75) is 19.4 Å². The molecule has 1 atom stereocenters. The van der Waals surface area contributed by atoms with Crippen LogP contribution in [0.1, 0.15) is 18.0 Å². The Kier molecular flexibility index (Phi) is 4.18. The Morgan fingerprint density at radius 3 is 2.76 bits per heavy atom. The van der Waals surface area contributed by atoms with Gasteiger partial charge in [-0.1, -0.05) is 0 Å². The molecular formula is C11H16N3O6P. The van der Waals surface area contributed by atoms with Crippen LogP contribution in [0.2, 0.25) is 0 Å². The highest BCUT2D eigenvalue weighted by Gasteiger charge is 2.31. The monoisotopic (exact) mass is 317 g/mol. The van der Waals surface area contributed by atoms with E-state index in [0.717, 1.165) is 0 Å². The lowest BCUT2D eigenvalue weighted by Crippen LogP contribution is -2.36. The van der Waals surface area contributed by atoms with Crippen LogP contribution in [0.4, 0.5) is 0 Å². The van der Waals surface area contributed by atoms with Crippen molar-refractivity contribution in [3.63, 3.8) is 0 Å². The predicted molar refractivity (Wildman–Crippen MR) is 73.2 cm³/mol. The fourth-order valence-corrected chi connectivity index (χ4v) is 2.88. The highest BCUT2D eigenvalue weighted by molar-refractivity contribution is 7.52. The molecule has 3 N–H and O–H groups in total. The molecule has 9 nitrogen and oxygen atoms in total. The maximum absolute atomic E-state index is 11.8. The topological polar surface area (TPSA) is 133 Å². The Morgan fingerprint density at radius 1 is 1.48 bits per heavy atom. The van der Waals surface area contributed by atoms with Crippen molar-refractivity contribution < 1.29 is 19.1 Å². The second kappa shape index (κ2) is 5.59. The summed E-state index contributed by atoms with van der Waals surface area (Å²) in [6.07, 6.45) is 1.08. The van der Waals surface area contributed by atoms with Gasteiger partial charge in [-0.05, 0) is 13.3 Å². The van der Waals surface area contributed by atoms with E-state index in [4.69, 9.17) is 9.79 Å². The first-order valence-corrected chi connectivity index (χ1v) is 8.11. The quantitative estimate of drug-likeness (QED) is 0.600. The summed E-state index contributed by atoms with van der Waals surface area (Å²) in [5.41, 5.74) is -0.627. The van der Waals surface area contributed by atoms with Crippen LogP contribution >= 0.6 is 7.60 Å². The summed E-state index contributed by atoms with van der Waals surface area (Å²) in [5.74, 6) is -0.639. The number of amides is 1. The van der Waals surface area contributed by atoms with Crippen LogP contribution in [0.25, 0.3) is 0 Å². The second-order valence-corrected chi connectivity index (χ2v) is 6.73. The van der Waals surface area contributed by atoms with Crippen LogP contribution in [0, 0.1) is 6.92 Å². The summed E-state index contributed by atoms with van der Waals surface area (Å²) in [5, 5.41) is 0. The summed E-state index contributed by atoms with van der Waals surface area (Å²) in [4.78, 5) is 55.9. The number of carbonyl (C=O) groups excluding carboxylic acids is 1. The molecular weight excluding hydrogens is 301 g/mol. The third-order valence-electron chi connectivity index (χ3n) is 3.40. The maximum atomic E-state index is 11.8. The van der Waals surface area contributed by atoms with Gasteiger partial charge in [0, 0.05) is 24.8 Å². The Morgan fingerprint density at radius 2 is 2.14 bits per heavy atom. The summed E-state index contributed by atoms with van der Waals surface area (Å²) in [6.45, 7) is 2.07. The predicted octanol–water partition coefficient (Wildman–Crippen LogP) is -1.20. The van der Waals surface area contributed by atoms with Crippen LogP contribution < -0.4 is 11.2 Å². The van der Waals surface area contributed by atoms with Crippen LogP contribution in [0.3, 0.4) is 0 Å². The first kappa shape index (κ1) is 15.7. The summed E-state index contributed by atoms with van der Waals surface area (Å²) < 4.78 is 12.2. The minimum absolute atomic E-state index is 0.185. The van der Waals surface area contributed by atoms with Crippen LogP contribution in [-0.4, -0.2) is 49.4 Å². The van der Waals surface area contributed by atoms with E-state index in [1.807, 2.05) is 0 Å². The van der Waals surface area contributed by atoms with E-state index in [-0.39, 0.29) is 12.6 Å². The molecule has 0 spiro atoms. The Balaban J connectivity index is 2.15. The Labute approximate surface area is 119 Å². The number of nitrogens with one attached hydrogen (secondary N) is 1. The van der Waals surface area contributed by atoms with Crippen LogP contribution in [0.5, 0.6) is 0 Å². The largest absolute Gasteiger partial charge is 0.340 e. The lowest BCUT2D eigenvalue weighted by Gasteiger charge is -2.18. The zero-order valence-corrected chi connectivity index (χ0v) is 12.2. The molecule has 1 fully saturated rings. The smallest absolute Gasteiger partial charge is 0.334 e. The molecule has 1 aliphatic rings. The lowest BCUT2D eigenvalue weighted by molar-refractivity contribution is -0.127. The maximum Gasteiger partial charge on any atom is 0.334 e. The van der Waals surface area contributed by atoms with Gasteiger partial charge in [0.25, 0.3) is 5.56 Å². The number of aromatic amines is 1. The molecule has 1 amide bonds. The molecule has 0 aromatic carbocycles. The number of likely N-dealkylation sites (tertiary alicyclic amines) is 1. The second-order valence-electron chi connectivity index (χ2n) is 5.08. The minimum atomic E-state index is -4.40. The average molecular weight is 317 g/mol. The molecule has 1 unspecified atom stereocenters. The number of carbonyl (C=O) groups is 1. The van der Waals surface area contributed by atoms with E-state index in [9.17, 15) is 18.9 Å². The summed E-state index contributed by atoms with van der Waals surface area (Å²) in [7, 11) is -4.40. The van der Waals surface area contributed by atoms with Crippen LogP contribution in [0.15, 0.2) is 15.8 Å². The number of hydrogen-bond donors (Lipinski definition) is 3. The third-order valence-corrected chi connectivity index (χ3v) is 4.08. The molecule has 0 bridgehead atoms. The fraction of sp³-hybridized carbons (Fsp3) is 0.545. The minimum Gasteiger partial charge on any atom is -0.340 e. The van der Waals surface area contributed by atoms with Crippen molar-refractivity contribution in [1.29, 1.82) is 0 Å². The normalized spacial score (nSPS) is 19.0. The molecule has 0 saturated carbocycles. The average Bonchev–Trinajstić information content (AvgIpc) is 2.81. The lowest BCUT2D eigenvalue weighted by atomic mass is 10.2. The van der Waals surface area contributed by atoms with E-state index < -0.39 is 30.9 Å². The molecule has 0 aliphatic carbocycles. The Hall–Kier alpha value is -1.70. The van der Waals surface area contributed by atoms with Gasteiger partial charge in [0.15, 0.2) is 0 Å². The van der Waals surface area contributed by atoms with Gasteiger partial charge in [-0.3, -0.25) is 23.7 Å². The first-order valence-electron chi connectivity index (χ1n) is 6.32. The molecule has 2 rings (SSSR count). The van der Waals surface area contributed by atoms with E-state index in [2.05, 4.69) is 4.98 Å². The van der Waals surface area contributed by atoms with Crippen molar-refractivity contribution in [1.82, 2.24) is 14.5 Å². The van der Waals surface area contributed by atoms with Crippen molar-refractivity contribution in [2.75, 3.05) is 19.3 Å². The number of aryl methyl sites for hydroxylation is 1. The van der Waals surface area contributed by atoms with Gasteiger partial charge in [0.2, 0.25) is 5.91 Å². The number of aromatic nitrogens is 2. The van der Waals surface area contributed by atoms with Gasteiger partial charge in [0.05, 0.1) is 6.04 Å². The first-order chi connectivity index (χ1) is 9.67. The molecule has 1 aliphatic heterocycles. The van der Waals surface area contributed by atoms with Gasteiger partial charge >= 0.3 is 13.3 Å². The van der Waals surface area contributed by atoms with Gasteiger partial charge in [-0.2, -0.15) is 0 Å². The standard InChI is InChI=1S/C11H16N3O6P/c1-7-4-14(11(17)12-10(7)16)8-2-3-13(5-8)9(15)6-21(18,19)20/h4,8H,2-3,5-6H2,1H3,(H,12,16,17)(H2,18,19,20). The van der Waals surface area contributed by atoms with Crippen molar-refractivity contribution in [2.24, 2.45) is 0 Å².